The fourth-order valence-electron chi connectivity index (χ4n) is 3.25. The molecule has 0 radical (unpaired) electrons. The first kappa shape index (κ1) is 19.0. The zero-order chi connectivity index (χ0) is 19.6. The van der Waals surface area contributed by atoms with Gasteiger partial charge in [-0.05, 0) is 36.4 Å². The molecule has 3 rings (SSSR count). The minimum absolute atomic E-state index is 0.248. The molecule has 0 bridgehead atoms. The molecule has 1 aliphatic rings. The van der Waals surface area contributed by atoms with Crippen molar-refractivity contribution < 1.29 is 18.1 Å². The van der Waals surface area contributed by atoms with E-state index in [1.165, 1.54) is 6.07 Å². The van der Waals surface area contributed by atoms with E-state index in [2.05, 4.69) is 4.90 Å². The highest BCUT2D eigenvalue weighted by atomic mass is 32.2. The molecule has 0 spiro atoms. The summed E-state index contributed by atoms with van der Waals surface area (Å²) in [6, 6.07) is 12.2. The Labute approximate surface area is 158 Å². The van der Waals surface area contributed by atoms with Crippen molar-refractivity contribution in [2.75, 3.05) is 49.3 Å². The minimum atomic E-state index is -3.69. The smallest absolute Gasteiger partial charge is 0.311 e. The second-order valence-corrected chi connectivity index (χ2v) is 8.31. The molecule has 2 aromatic rings. The molecule has 0 atom stereocenters. The van der Waals surface area contributed by atoms with Gasteiger partial charge >= 0.3 is 5.69 Å². The lowest BCUT2D eigenvalue weighted by Crippen LogP contribution is -2.46. The van der Waals surface area contributed by atoms with Crippen molar-refractivity contribution in [1.82, 2.24) is 0 Å². The molecule has 9 heteroatoms. The Morgan fingerprint density at radius 3 is 2.11 bits per heavy atom. The van der Waals surface area contributed by atoms with Gasteiger partial charge in [-0.25, -0.2) is 8.42 Å². The SMILES string of the molecule is COc1ccc(N2CCN(c3cccc(S(C)(=O)=O)c3[N+](=O)[O-])CC2)cc1. The van der Waals surface area contributed by atoms with Crippen LogP contribution in [0.2, 0.25) is 0 Å². The van der Waals surface area contributed by atoms with Crippen LogP contribution in [0.25, 0.3) is 0 Å². The zero-order valence-corrected chi connectivity index (χ0v) is 16.0. The molecule has 1 saturated heterocycles. The van der Waals surface area contributed by atoms with Gasteiger partial charge < -0.3 is 14.5 Å². The summed E-state index contributed by atoms with van der Waals surface area (Å²) in [4.78, 5) is 14.8. The number of rotatable bonds is 5. The third kappa shape index (κ3) is 3.97. The van der Waals surface area contributed by atoms with E-state index < -0.39 is 14.8 Å². The van der Waals surface area contributed by atoms with E-state index in [4.69, 9.17) is 4.74 Å². The van der Waals surface area contributed by atoms with Gasteiger partial charge in [0.2, 0.25) is 0 Å². The van der Waals surface area contributed by atoms with E-state index in [1.807, 2.05) is 29.2 Å². The van der Waals surface area contributed by atoms with Gasteiger partial charge in [0.1, 0.15) is 16.3 Å². The Hall–Kier alpha value is -2.81. The molecular weight excluding hydrogens is 370 g/mol. The average molecular weight is 391 g/mol. The maximum atomic E-state index is 11.9. The Bertz CT molecular complexity index is 936. The van der Waals surface area contributed by atoms with Gasteiger partial charge in [0.05, 0.1) is 12.0 Å². The number of piperazine rings is 1. The molecule has 1 aliphatic heterocycles. The van der Waals surface area contributed by atoms with Crippen molar-refractivity contribution in [3.05, 3.63) is 52.6 Å². The summed E-state index contributed by atoms with van der Waals surface area (Å²) in [6.45, 7) is 2.46. The zero-order valence-electron chi connectivity index (χ0n) is 15.2. The summed E-state index contributed by atoms with van der Waals surface area (Å²) >= 11 is 0. The van der Waals surface area contributed by atoms with Crippen molar-refractivity contribution in [2.45, 2.75) is 4.90 Å². The van der Waals surface area contributed by atoms with Gasteiger partial charge in [-0.1, -0.05) is 6.07 Å². The average Bonchev–Trinajstić information content (AvgIpc) is 2.67. The van der Waals surface area contributed by atoms with Crippen LogP contribution in [-0.4, -0.2) is 52.9 Å². The van der Waals surface area contributed by atoms with Crippen LogP contribution >= 0.6 is 0 Å². The topological polar surface area (TPSA) is 93.0 Å². The second kappa shape index (κ2) is 7.43. The number of methoxy groups -OCH3 is 1. The van der Waals surface area contributed by atoms with E-state index >= 15 is 0 Å². The molecule has 2 aromatic carbocycles. The molecule has 0 aliphatic carbocycles. The Kier molecular flexibility index (Phi) is 5.22. The van der Waals surface area contributed by atoms with Gasteiger partial charge in [-0.3, -0.25) is 10.1 Å². The van der Waals surface area contributed by atoms with Crippen LogP contribution in [-0.2, 0) is 9.84 Å². The lowest BCUT2D eigenvalue weighted by Gasteiger charge is -2.37. The van der Waals surface area contributed by atoms with Crippen LogP contribution in [0.4, 0.5) is 17.1 Å². The first-order valence-corrected chi connectivity index (χ1v) is 10.3. The maximum absolute atomic E-state index is 11.9. The van der Waals surface area contributed by atoms with Crippen LogP contribution in [0.1, 0.15) is 0 Å². The molecule has 0 unspecified atom stereocenters. The lowest BCUT2D eigenvalue weighted by atomic mass is 10.2. The number of nitrogens with zero attached hydrogens (tertiary/aromatic N) is 3. The van der Waals surface area contributed by atoms with E-state index in [0.29, 0.717) is 31.9 Å². The van der Waals surface area contributed by atoms with Crippen molar-refractivity contribution in [1.29, 1.82) is 0 Å². The van der Waals surface area contributed by atoms with Crippen LogP contribution in [0.5, 0.6) is 5.75 Å². The maximum Gasteiger partial charge on any atom is 0.311 e. The number of anilines is 2. The number of hydrogen-bond acceptors (Lipinski definition) is 7. The fourth-order valence-corrected chi connectivity index (χ4v) is 4.10. The molecule has 0 aromatic heterocycles. The number of para-hydroxylation sites is 1. The number of hydrogen-bond donors (Lipinski definition) is 0. The second-order valence-electron chi connectivity index (χ2n) is 6.33. The lowest BCUT2D eigenvalue weighted by molar-refractivity contribution is -0.387. The standard InChI is InChI=1S/C18H21N3O5S/c1-26-15-8-6-14(7-9-15)19-10-12-20(13-11-19)16-4-3-5-17(27(2,24)25)18(16)21(22)23/h3-9H,10-13H2,1-2H3. The van der Waals surface area contributed by atoms with Gasteiger partial charge in [0, 0.05) is 38.1 Å². The Balaban J connectivity index is 1.82. The Morgan fingerprint density at radius 2 is 1.59 bits per heavy atom. The highest BCUT2D eigenvalue weighted by molar-refractivity contribution is 7.90. The number of benzene rings is 2. The number of nitro benzene ring substituents is 1. The third-order valence-corrected chi connectivity index (χ3v) is 5.75. The quantitative estimate of drug-likeness (QED) is 0.570. The molecular formula is C18H21N3O5S. The van der Waals surface area contributed by atoms with E-state index in [0.717, 1.165) is 17.7 Å². The van der Waals surface area contributed by atoms with Crippen LogP contribution < -0.4 is 14.5 Å². The van der Waals surface area contributed by atoms with E-state index in [-0.39, 0.29) is 10.6 Å². The van der Waals surface area contributed by atoms with Crippen molar-refractivity contribution >= 4 is 26.9 Å². The molecule has 0 saturated carbocycles. The molecule has 0 amide bonds. The highest BCUT2D eigenvalue weighted by Gasteiger charge is 2.30. The Morgan fingerprint density at radius 1 is 1.00 bits per heavy atom. The summed E-state index contributed by atoms with van der Waals surface area (Å²) in [6.07, 6.45) is 0.987. The summed E-state index contributed by atoms with van der Waals surface area (Å²) in [7, 11) is -2.07. The molecule has 8 nitrogen and oxygen atoms in total. The van der Waals surface area contributed by atoms with Crippen LogP contribution in [0.15, 0.2) is 47.4 Å². The van der Waals surface area contributed by atoms with Crippen molar-refractivity contribution in [2.24, 2.45) is 0 Å². The first-order chi connectivity index (χ1) is 12.8. The van der Waals surface area contributed by atoms with Crippen molar-refractivity contribution in [3.63, 3.8) is 0 Å². The van der Waals surface area contributed by atoms with Crippen LogP contribution in [0.3, 0.4) is 0 Å². The summed E-state index contributed by atoms with van der Waals surface area (Å²) in [5, 5.41) is 11.6. The summed E-state index contributed by atoms with van der Waals surface area (Å²) in [5.41, 5.74) is 1.05. The van der Waals surface area contributed by atoms with Gasteiger partial charge in [-0.15, -0.1) is 0 Å². The van der Waals surface area contributed by atoms with Gasteiger partial charge in [0.25, 0.3) is 0 Å². The third-order valence-electron chi connectivity index (χ3n) is 4.62. The van der Waals surface area contributed by atoms with Gasteiger partial charge in [-0.2, -0.15) is 0 Å². The molecule has 27 heavy (non-hydrogen) atoms. The summed E-state index contributed by atoms with van der Waals surface area (Å²) < 4.78 is 29.0. The molecule has 144 valence electrons. The normalized spacial score (nSPS) is 14.9. The van der Waals surface area contributed by atoms with E-state index in [9.17, 15) is 18.5 Å². The monoisotopic (exact) mass is 391 g/mol. The van der Waals surface area contributed by atoms with Gasteiger partial charge in [0.15, 0.2) is 9.84 Å². The number of nitro groups is 1. The van der Waals surface area contributed by atoms with Crippen molar-refractivity contribution in [3.8, 4) is 5.75 Å². The summed E-state index contributed by atoms with van der Waals surface area (Å²) in [5.74, 6) is 0.783. The van der Waals surface area contributed by atoms with Crippen LogP contribution in [0, 0.1) is 10.1 Å². The fraction of sp³-hybridized carbons (Fsp3) is 0.333. The first-order valence-electron chi connectivity index (χ1n) is 8.42. The molecule has 1 fully saturated rings. The van der Waals surface area contributed by atoms with E-state index in [1.54, 1.807) is 19.2 Å². The minimum Gasteiger partial charge on any atom is -0.497 e. The highest BCUT2D eigenvalue weighted by Crippen LogP contribution is 2.35. The number of sulfone groups is 1. The molecule has 1 heterocycles. The predicted molar refractivity (Wildman–Crippen MR) is 104 cm³/mol. The number of ether oxygens (including phenoxy) is 1. The largest absolute Gasteiger partial charge is 0.497 e. The predicted octanol–water partition coefficient (Wildman–Crippen LogP) is 2.33. The molecule has 0 N–H and O–H groups in total.